The molecule has 180 valence electrons. The SMILES string of the molecule is COc1ccccc1-n1c(C=C2C(=O)N(Cc3ccccc3)c3ccccc32)nc2ccccc2c1=O. The molecular weight excluding hydrogens is 462 g/mol. The molecule has 0 radical (unpaired) electrons. The van der Waals surface area contributed by atoms with Crippen LogP contribution < -0.4 is 15.2 Å². The molecule has 2 heterocycles. The molecule has 1 aliphatic heterocycles. The predicted octanol–water partition coefficient (Wildman–Crippen LogP) is 5.48. The molecule has 0 N–H and O–H groups in total. The number of rotatable bonds is 5. The first-order valence-corrected chi connectivity index (χ1v) is 12.0. The monoisotopic (exact) mass is 485 g/mol. The van der Waals surface area contributed by atoms with E-state index in [2.05, 4.69) is 0 Å². The van der Waals surface area contributed by atoms with E-state index in [4.69, 9.17) is 9.72 Å². The first-order valence-electron chi connectivity index (χ1n) is 12.0. The minimum Gasteiger partial charge on any atom is -0.495 e. The number of aromatic nitrogens is 2. The molecule has 1 aliphatic rings. The number of hydrogen-bond acceptors (Lipinski definition) is 4. The van der Waals surface area contributed by atoms with Crippen molar-refractivity contribution < 1.29 is 9.53 Å². The molecule has 6 rings (SSSR count). The van der Waals surface area contributed by atoms with Crippen molar-refractivity contribution in [2.45, 2.75) is 6.54 Å². The van der Waals surface area contributed by atoms with E-state index in [0.29, 0.717) is 40.3 Å². The van der Waals surface area contributed by atoms with Gasteiger partial charge in [0, 0.05) is 5.56 Å². The fraction of sp³-hybridized carbons (Fsp3) is 0.0645. The normalized spacial score (nSPS) is 13.8. The maximum absolute atomic E-state index is 13.8. The van der Waals surface area contributed by atoms with Gasteiger partial charge >= 0.3 is 0 Å². The summed E-state index contributed by atoms with van der Waals surface area (Å²) in [5.41, 5.74) is 4.03. The topological polar surface area (TPSA) is 64.4 Å². The maximum Gasteiger partial charge on any atom is 0.266 e. The average Bonchev–Trinajstić information content (AvgIpc) is 3.20. The molecule has 0 fully saturated rings. The molecule has 0 unspecified atom stereocenters. The van der Waals surface area contributed by atoms with Crippen LogP contribution in [-0.4, -0.2) is 22.6 Å². The third-order valence-corrected chi connectivity index (χ3v) is 6.55. The minimum atomic E-state index is -0.234. The highest BCUT2D eigenvalue weighted by Gasteiger charge is 2.32. The second-order valence-corrected chi connectivity index (χ2v) is 8.75. The van der Waals surface area contributed by atoms with Crippen LogP contribution >= 0.6 is 0 Å². The third-order valence-electron chi connectivity index (χ3n) is 6.55. The number of benzene rings is 4. The number of ether oxygens (including phenoxy) is 1. The van der Waals surface area contributed by atoms with Gasteiger partial charge in [-0.1, -0.05) is 72.8 Å². The van der Waals surface area contributed by atoms with Gasteiger partial charge in [-0.05, 0) is 42.0 Å². The van der Waals surface area contributed by atoms with Gasteiger partial charge in [0.05, 0.1) is 41.5 Å². The number of carbonyl (C=O) groups is 1. The quantitative estimate of drug-likeness (QED) is 0.309. The minimum absolute atomic E-state index is 0.140. The molecule has 0 spiro atoms. The first kappa shape index (κ1) is 22.5. The number of amides is 1. The zero-order chi connectivity index (χ0) is 25.4. The molecule has 0 bridgehead atoms. The van der Waals surface area contributed by atoms with E-state index in [1.165, 1.54) is 4.57 Å². The summed E-state index contributed by atoms with van der Waals surface area (Å²) < 4.78 is 7.09. The fourth-order valence-corrected chi connectivity index (χ4v) is 4.79. The summed E-state index contributed by atoms with van der Waals surface area (Å²) in [6, 6.07) is 32.1. The summed E-state index contributed by atoms with van der Waals surface area (Å²) in [5, 5.41) is 0.486. The van der Waals surface area contributed by atoms with E-state index in [1.54, 1.807) is 36.3 Å². The highest BCUT2D eigenvalue weighted by molar-refractivity contribution is 6.35. The fourth-order valence-electron chi connectivity index (χ4n) is 4.79. The van der Waals surface area contributed by atoms with E-state index in [-0.39, 0.29) is 11.5 Å². The van der Waals surface area contributed by atoms with E-state index >= 15 is 0 Å². The predicted molar refractivity (Wildman–Crippen MR) is 146 cm³/mol. The molecule has 1 amide bonds. The van der Waals surface area contributed by atoms with Crippen molar-refractivity contribution in [2.75, 3.05) is 12.0 Å². The summed E-state index contributed by atoms with van der Waals surface area (Å²) in [5.74, 6) is 0.747. The van der Waals surface area contributed by atoms with Gasteiger partial charge in [0.25, 0.3) is 11.5 Å². The van der Waals surface area contributed by atoms with Crippen molar-refractivity contribution in [2.24, 2.45) is 0 Å². The van der Waals surface area contributed by atoms with Crippen molar-refractivity contribution in [3.8, 4) is 11.4 Å². The van der Waals surface area contributed by atoms with Crippen LogP contribution in [0.3, 0.4) is 0 Å². The Bertz CT molecular complexity index is 1740. The van der Waals surface area contributed by atoms with Crippen LogP contribution in [0.5, 0.6) is 5.75 Å². The van der Waals surface area contributed by atoms with Gasteiger partial charge < -0.3 is 9.64 Å². The number of nitrogens with zero attached hydrogens (tertiary/aromatic N) is 3. The molecule has 6 heteroatoms. The Balaban J connectivity index is 1.57. The van der Waals surface area contributed by atoms with Crippen LogP contribution in [0.4, 0.5) is 5.69 Å². The van der Waals surface area contributed by atoms with Crippen molar-refractivity contribution in [3.05, 3.63) is 130 Å². The molecule has 4 aromatic carbocycles. The van der Waals surface area contributed by atoms with Crippen molar-refractivity contribution in [1.29, 1.82) is 0 Å². The van der Waals surface area contributed by atoms with Crippen molar-refractivity contribution in [3.63, 3.8) is 0 Å². The Morgan fingerprint density at radius 3 is 2.27 bits per heavy atom. The van der Waals surface area contributed by atoms with Gasteiger partial charge in [-0.3, -0.25) is 14.2 Å². The van der Waals surface area contributed by atoms with Crippen LogP contribution in [0.25, 0.3) is 28.2 Å². The number of carbonyl (C=O) groups excluding carboxylic acids is 1. The second-order valence-electron chi connectivity index (χ2n) is 8.75. The lowest BCUT2D eigenvalue weighted by molar-refractivity contribution is -0.113. The Kier molecular flexibility index (Phi) is 5.62. The zero-order valence-electron chi connectivity index (χ0n) is 20.2. The van der Waals surface area contributed by atoms with Gasteiger partial charge in [-0.25, -0.2) is 4.98 Å². The van der Waals surface area contributed by atoms with Gasteiger partial charge in [0.2, 0.25) is 0 Å². The number of anilines is 1. The van der Waals surface area contributed by atoms with Crippen LogP contribution in [0.15, 0.2) is 108 Å². The average molecular weight is 486 g/mol. The number of para-hydroxylation sites is 4. The highest BCUT2D eigenvalue weighted by atomic mass is 16.5. The first-order chi connectivity index (χ1) is 18.2. The molecule has 0 aliphatic carbocycles. The van der Waals surface area contributed by atoms with Gasteiger partial charge in [-0.2, -0.15) is 0 Å². The Hall–Kier alpha value is -4.97. The lowest BCUT2D eigenvalue weighted by Gasteiger charge is -2.17. The lowest BCUT2D eigenvalue weighted by Crippen LogP contribution is -2.26. The molecule has 37 heavy (non-hydrogen) atoms. The smallest absolute Gasteiger partial charge is 0.266 e. The summed E-state index contributed by atoms with van der Waals surface area (Å²) in [6.45, 7) is 0.443. The highest BCUT2D eigenvalue weighted by Crippen LogP contribution is 2.38. The Morgan fingerprint density at radius 2 is 1.46 bits per heavy atom. The van der Waals surface area contributed by atoms with E-state index in [1.807, 2.05) is 84.9 Å². The summed E-state index contributed by atoms with van der Waals surface area (Å²) >= 11 is 0. The van der Waals surface area contributed by atoms with Crippen LogP contribution in [0.2, 0.25) is 0 Å². The molecular formula is C31H23N3O3. The number of methoxy groups -OCH3 is 1. The number of fused-ring (bicyclic) bond motifs is 2. The zero-order valence-corrected chi connectivity index (χ0v) is 20.2. The second kappa shape index (κ2) is 9.24. The third kappa shape index (κ3) is 3.89. The molecule has 0 saturated carbocycles. The van der Waals surface area contributed by atoms with E-state index in [0.717, 1.165) is 16.8 Å². The largest absolute Gasteiger partial charge is 0.495 e. The molecule has 0 atom stereocenters. The van der Waals surface area contributed by atoms with E-state index in [9.17, 15) is 9.59 Å². The summed E-state index contributed by atoms with van der Waals surface area (Å²) in [7, 11) is 1.56. The van der Waals surface area contributed by atoms with Crippen molar-refractivity contribution in [1.82, 2.24) is 9.55 Å². The van der Waals surface area contributed by atoms with Gasteiger partial charge in [0.15, 0.2) is 0 Å². The van der Waals surface area contributed by atoms with Crippen LogP contribution in [0, 0.1) is 0 Å². The Labute approximate surface area is 213 Å². The lowest BCUT2D eigenvalue weighted by atomic mass is 10.1. The molecule has 5 aromatic rings. The maximum atomic E-state index is 13.8. The Morgan fingerprint density at radius 1 is 0.784 bits per heavy atom. The number of hydrogen-bond donors (Lipinski definition) is 0. The van der Waals surface area contributed by atoms with Gasteiger partial charge in [0.1, 0.15) is 11.6 Å². The molecule has 0 saturated heterocycles. The van der Waals surface area contributed by atoms with Crippen LogP contribution in [-0.2, 0) is 11.3 Å². The van der Waals surface area contributed by atoms with Crippen LogP contribution in [0.1, 0.15) is 17.0 Å². The summed E-state index contributed by atoms with van der Waals surface area (Å²) in [6.07, 6.45) is 1.71. The standard InChI is InChI=1S/C31H23N3O3/c1-37-28-18-10-9-17-27(28)34-29(32-25-15-7-5-14-23(25)31(34)36)19-24-22-13-6-8-16-26(22)33(30(24)35)20-21-11-3-2-4-12-21/h2-19H,20H2,1H3. The summed E-state index contributed by atoms with van der Waals surface area (Å²) in [4.78, 5) is 34.2. The van der Waals surface area contributed by atoms with Crippen molar-refractivity contribution >= 4 is 34.1 Å². The molecule has 1 aromatic heterocycles. The molecule has 6 nitrogen and oxygen atoms in total. The van der Waals surface area contributed by atoms with Gasteiger partial charge in [-0.15, -0.1) is 0 Å². The van der Waals surface area contributed by atoms with E-state index < -0.39 is 0 Å².